The molecule has 1 heterocycles. The summed E-state index contributed by atoms with van der Waals surface area (Å²) in [5.74, 6) is -1.21. The first-order valence-corrected chi connectivity index (χ1v) is 9.38. The topological polar surface area (TPSA) is 70.7 Å². The molecular formula is C21H24FN3O3. The first-order chi connectivity index (χ1) is 13.6. The van der Waals surface area contributed by atoms with Crippen molar-refractivity contribution in [3.05, 3.63) is 65.5 Å². The van der Waals surface area contributed by atoms with Crippen molar-refractivity contribution in [2.45, 2.75) is 6.42 Å². The lowest BCUT2D eigenvalue weighted by atomic mass is 10.1. The zero-order chi connectivity index (χ0) is 19.8. The van der Waals surface area contributed by atoms with Crippen LogP contribution in [0.15, 0.2) is 48.5 Å². The van der Waals surface area contributed by atoms with E-state index in [4.69, 9.17) is 4.74 Å². The van der Waals surface area contributed by atoms with E-state index >= 15 is 0 Å². The maximum atomic E-state index is 13.3. The maximum absolute atomic E-state index is 13.3. The quantitative estimate of drug-likeness (QED) is 0.719. The zero-order valence-corrected chi connectivity index (χ0v) is 15.6. The highest BCUT2D eigenvalue weighted by Crippen LogP contribution is 2.16. The second-order valence-electron chi connectivity index (χ2n) is 6.57. The van der Waals surface area contributed by atoms with E-state index in [1.807, 2.05) is 0 Å². The fourth-order valence-electron chi connectivity index (χ4n) is 3.04. The predicted molar refractivity (Wildman–Crippen MR) is 105 cm³/mol. The summed E-state index contributed by atoms with van der Waals surface area (Å²) in [5, 5.41) is 5.58. The molecule has 0 aliphatic carbocycles. The summed E-state index contributed by atoms with van der Waals surface area (Å²) in [6, 6.07) is 12.2. The Balaban J connectivity index is 1.55. The highest BCUT2D eigenvalue weighted by Gasteiger charge is 2.15. The van der Waals surface area contributed by atoms with Crippen LogP contribution in [0.5, 0.6) is 0 Å². The Morgan fingerprint density at radius 2 is 1.82 bits per heavy atom. The lowest BCUT2D eigenvalue weighted by Crippen LogP contribution is -2.38. The van der Waals surface area contributed by atoms with E-state index in [0.717, 1.165) is 45.3 Å². The molecule has 1 fully saturated rings. The molecule has 1 saturated heterocycles. The molecule has 0 atom stereocenters. The Morgan fingerprint density at radius 1 is 1.04 bits per heavy atom. The number of morpholine rings is 1. The molecule has 1 aliphatic heterocycles. The number of hydrogen-bond acceptors (Lipinski definition) is 4. The van der Waals surface area contributed by atoms with E-state index in [2.05, 4.69) is 15.5 Å². The standard InChI is InChI=1S/C21H24FN3O3/c22-17-6-3-5-16(15-17)20(26)24-19-8-2-1-7-18(19)21(27)23-9-4-10-25-11-13-28-14-12-25/h1-3,5-8,15H,4,9-14H2,(H,23,27)(H,24,26). The van der Waals surface area contributed by atoms with Crippen LogP contribution in [0.25, 0.3) is 0 Å². The summed E-state index contributed by atoms with van der Waals surface area (Å²) in [4.78, 5) is 27.2. The van der Waals surface area contributed by atoms with Crippen molar-refractivity contribution in [3.63, 3.8) is 0 Å². The van der Waals surface area contributed by atoms with E-state index in [0.29, 0.717) is 17.8 Å². The summed E-state index contributed by atoms with van der Waals surface area (Å²) < 4.78 is 18.6. The third kappa shape index (κ3) is 5.61. The smallest absolute Gasteiger partial charge is 0.255 e. The van der Waals surface area contributed by atoms with Gasteiger partial charge in [0, 0.05) is 25.2 Å². The van der Waals surface area contributed by atoms with Gasteiger partial charge in [0.25, 0.3) is 11.8 Å². The summed E-state index contributed by atoms with van der Waals surface area (Å²) in [6.07, 6.45) is 0.837. The average molecular weight is 385 g/mol. The number of carbonyl (C=O) groups is 2. The third-order valence-electron chi connectivity index (χ3n) is 4.55. The van der Waals surface area contributed by atoms with Crippen LogP contribution < -0.4 is 10.6 Å². The summed E-state index contributed by atoms with van der Waals surface area (Å²) in [5.41, 5.74) is 0.960. The zero-order valence-electron chi connectivity index (χ0n) is 15.6. The van der Waals surface area contributed by atoms with Crippen LogP contribution in [0.1, 0.15) is 27.1 Å². The lowest BCUT2D eigenvalue weighted by Gasteiger charge is -2.26. The molecule has 2 amide bonds. The van der Waals surface area contributed by atoms with Crippen molar-refractivity contribution in [1.29, 1.82) is 0 Å². The highest BCUT2D eigenvalue weighted by molar-refractivity contribution is 6.08. The van der Waals surface area contributed by atoms with Crippen LogP contribution in [0.4, 0.5) is 10.1 Å². The van der Waals surface area contributed by atoms with Crippen molar-refractivity contribution in [2.75, 3.05) is 44.7 Å². The molecule has 0 spiro atoms. The molecule has 2 aromatic carbocycles. The van der Waals surface area contributed by atoms with Crippen molar-refractivity contribution >= 4 is 17.5 Å². The Hall–Kier alpha value is -2.77. The second kappa shape index (κ2) is 9.96. The highest BCUT2D eigenvalue weighted by atomic mass is 19.1. The van der Waals surface area contributed by atoms with E-state index in [-0.39, 0.29) is 11.5 Å². The minimum Gasteiger partial charge on any atom is -0.379 e. The van der Waals surface area contributed by atoms with Gasteiger partial charge in [-0.3, -0.25) is 14.5 Å². The number of nitrogens with one attached hydrogen (secondary N) is 2. The molecule has 148 valence electrons. The van der Waals surface area contributed by atoms with Crippen molar-refractivity contribution in [3.8, 4) is 0 Å². The third-order valence-corrected chi connectivity index (χ3v) is 4.55. The van der Waals surface area contributed by atoms with Crippen molar-refractivity contribution < 1.29 is 18.7 Å². The molecule has 1 aliphatic rings. The van der Waals surface area contributed by atoms with Gasteiger partial charge in [0.15, 0.2) is 0 Å². The van der Waals surface area contributed by atoms with Crippen molar-refractivity contribution in [2.24, 2.45) is 0 Å². The van der Waals surface area contributed by atoms with Crippen LogP contribution in [-0.4, -0.2) is 56.1 Å². The van der Waals surface area contributed by atoms with Crippen LogP contribution in [-0.2, 0) is 4.74 Å². The second-order valence-corrected chi connectivity index (χ2v) is 6.57. The normalized spacial score (nSPS) is 14.5. The SMILES string of the molecule is O=C(Nc1ccccc1C(=O)NCCCN1CCOCC1)c1cccc(F)c1. The number of hydrogen-bond donors (Lipinski definition) is 2. The molecule has 0 unspecified atom stereocenters. The minimum atomic E-state index is -0.487. The van der Waals surface area contributed by atoms with Gasteiger partial charge < -0.3 is 15.4 Å². The van der Waals surface area contributed by atoms with Gasteiger partial charge in [0.1, 0.15) is 5.82 Å². The van der Waals surface area contributed by atoms with Crippen LogP contribution in [0.3, 0.4) is 0 Å². The molecule has 0 radical (unpaired) electrons. The Kier molecular flexibility index (Phi) is 7.11. The van der Waals surface area contributed by atoms with Gasteiger partial charge in [-0.15, -0.1) is 0 Å². The fourth-order valence-corrected chi connectivity index (χ4v) is 3.04. The number of para-hydroxylation sites is 1. The van der Waals surface area contributed by atoms with Gasteiger partial charge in [0.05, 0.1) is 24.5 Å². The molecule has 0 bridgehead atoms. The van der Waals surface area contributed by atoms with Crippen LogP contribution >= 0.6 is 0 Å². The van der Waals surface area contributed by atoms with Gasteiger partial charge in [-0.2, -0.15) is 0 Å². The monoisotopic (exact) mass is 385 g/mol. The van der Waals surface area contributed by atoms with Gasteiger partial charge in [-0.1, -0.05) is 18.2 Å². The van der Waals surface area contributed by atoms with Gasteiger partial charge in [0.2, 0.25) is 0 Å². The van der Waals surface area contributed by atoms with E-state index in [1.165, 1.54) is 18.2 Å². The number of halogens is 1. The van der Waals surface area contributed by atoms with E-state index in [9.17, 15) is 14.0 Å². The van der Waals surface area contributed by atoms with E-state index < -0.39 is 11.7 Å². The maximum Gasteiger partial charge on any atom is 0.255 e. The fraction of sp³-hybridized carbons (Fsp3) is 0.333. The largest absolute Gasteiger partial charge is 0.379 e. The molecule has 3 rings (SSSR count). The van der Waals surface area contributed by atoms with Gasteiger partial charge in [-0.05, 0) is 43.3 Å². The molecule has 7 heteroatoms. The first-order valence-electron chi connectivity index (χ1n) is 9.38. The van der Waals surface area contributed by atoms with E-state index in [1.54, 1.807) is 24.3 Å². The Morgan fingerprint density at radius 3 is 2.61 bits per heavy atom. The summed E-state index contributed by atoms with van der Waals surface area (Å²) in [7, 11) is 0. The molecule has 0 aromatic heterocycles. The molecule has 28 heavy (non-hydrogen) atoms. The lowest BCUT2D eigenvalue weighted by molar-refractivity contribution is 0.0374. The predicted octanol–water partition coefficient (Wildman–Crippen LogP) is 2.53. The molecule has 0 saturated carbocycles. The number of carbonyl (C=O) groups excluding carboxylic acids is 2. The molecular weight excluding hydrogens is 361 g/mol. The number of benzene rings is 2. The molecule has 6 nitrogen and oxygen atoms in total. The van der Waals surface area contributed by atoms with Gasteiger partial charge >= 0.3 is 0 Å². The minimum absolute atomic E-state index is 0.195. The van der Waals surface area contributed by atoms with Crippen LogP contribution in [0, 0.1) is 5.82 Å². The Bertz CT molecular complexity index is 822. The van der Waals surface area contributed by atoms with Crippen molar-refractivity contribution in [1.82, 2.24) is 10.2 Å². The Labute approximate surface area is 163 Å². The number of nitrogens with zero attached hydrogens (tertiary/aromatic N) is 1. The first kappa shape index (κ1) is 20.0. The van der Waals surface area contributed by atoms with Crippen LogP contribution in [0.2, 0.25) is 0 Å². The molecule has 2 aromatic rings. The number of rotatable bonds is 7. The summed E-state index contributed by atoms with van der Waals surface area (Å²) >= 11 is 0. The number of anilines is 1. The average Bonchev–Trinajstić information content (AvgIpc) is 2.72. The summed E-state index contributed by atoms with van der Waals surface area (Å²) in [6.45, 7) is 4.80. The molecule has 2 N–H and O–H groups in total. The van der Waals surface area contributed by atoms with Gasteiger partial charge in [-0.25, -0.2) is 4.39 Å². The number of ether oxygens (including phenoxy) is 1. The number of amides is 2.